The molecule has 82 valence electrons. The van der Waals surface area contributed by atoms with Crippen LogP contribution in [0.2, 0.25) is 0 Å². The third-order valence-electron chi connectivity index (χ3n) is 2.85. The Kier molecular flexibility index (Phi) is 2.83. The van der Waals surface area contributed by atoms with E-state index in [0.29, 0.717) is 5.25 Å². The minimum Gasteiger partial charge on any atom is -0.253 e. The maximum atomic E-state index is 11.2. The SMILES string of the molecule is CS(=O)(=O)OC12CCCC(CCC1)S2. The lowest BCUT2D eigenvalue weighted by Gasteiger charge is -2.43. The fourth-order valence-electron chi connectivity index (χ4n) is 2.39. The Labute approximate surface area is 89.7 Å². The molecule has 0 amide bonds. The van der Waals surface area contributed by atoms with Crippen molar-refractivity contribution in [2.45, 2.75) is 48.7 Å². The van der Waals surface area contributed by atoms with E-state index in [1.807, 2.05) is 0 Å². The van der Waals surface area contributed by atoms with Gasteiger partial charge in [-0.1, -0.05) is 0 Å². The molecule has 0 aromatic rings. The number of hydrogen-bond acceptors (Lipinski definition) is 4. The molecular weight excluding hydrogens is 220 g/mol. The largest absolute Gasteiger partial charge is 0.265 e. The average Bonchev–Trinajstić information content (AvgIpc) is 1.99. The Balaban J connectivity index is 2.13. The molecular formula is C9H16O3S2. The highest BCUT2D eigenvalue weighted by molar-refractivity contribution is 8.01. The third kappa shape index (κ3) is 2.44. The van der Waals surface area contributed by atoms with Gasteiger partial charge in [-0.3, -0.25) is 4.18 Å². The molecule has 0 atom stereocenters. The molecule has 2 heterocycles. The molecule has 0 aromatic heterocycles. The van der Waals surface area contributed by atoms with Crippen LogP contribution in [0.3, 0.4) is 0 Å². The molecule has 0 spiro atoms. The summed E-state index contributed by atoms with van der Waals surface area (Å²) < 4.78 is 27.6. The van der Waals surface area contributed by atoms with Crippen molar-refractivity contribution in [3.05, 3.63) is 0 Å². The maximum Gasteiger partial charge on any atom is 0.265 e. The molecule has 2 rings (SSSR count). The fourth-order valence-corrected chi connectivity index (χ4v) is 5.33. The summed E-state index contributed by atoms with van der Waals surface area (Å²) in [5.41, 5.74) is 0. The molecule has 3 nitrogen and oxygen atoms in total. The van der Waals surface area contributed by atoms with Gasteiger partial charge >= 0.3 is 0 Å². The quantitative estimate of drug-likeness (QED) is 0.689. The zero-order chi connectivity index (χ0) is 10.2. The summed E-state index contributed by atoms with van der Waals surface area (Å²) in [6.45, 7) is 0. The molecule has 2 aliphatic heterocycles. The van der Waals surface area contributed by atoms with Gasteiger partial charge in [-0.2, -0.15) is 8.42 Å². The number of thioether (sulfide) groups is 1. The molecule has 0 radical (unpaired) electrons. The summed E-state index contributed by atoms with van der Waals surface area (Å²) in [7, 11) is -3.30. The zero-order valence-electron chi connectivity index (χ0n) is 8.36. The van der Waals surface area contributed by atoms with E-state index in [1.165, 1.54) is 12.8 Å². The van der Waals surface area contributed by atoms with Crippen LogP contribution in [0.1, 0.15) is 38.5 Å². The molecule has 0 aromatic carbocycles. The van der Waals surface area contributed by atoms with Gasteiger partial charge in [0.1, 0.15) is 4.93 Å². The van der Waals surface area contributed by atoms with Gasteiger partial charge in [0.25, 0.3) is 10.1 Å². The molecule has 0 N–H and O–H groups in total. The molecule has 2 bridgehead atoms. The van der Waals surface area contributed by atoms with Crippen LogP contribution in [0.5, 0.6) is 0 Å². The van der Waals surface area contributed by atoms with Crippen LogP contribution in [-0.4, -0.2) is 24.9 Å². The van der Waals surface area contributed by atoms with Crippen LogP contribution in [0.4, 0.5) is 0 Å². The van der Waals surface area contributed by atoms with Gasteiger partial charge < -0.3 is 0 Å². The van der Waals surface area contributed by atoms with Crippen molar-refractivity contribution < 1.29 is 12.6 Å². The van der Waals surface area contributed by atoms with Gasteiger partial charge in [0, 0.05) is 5.25 Å². The Morgan fingerprint density at radius 3 is 2.36 bits per heavy atom. The van der Waals surface area contributed by atoms with Crippen molar-refractivity contribution in [2.75, 3.05) is 6.26 Å². The highest BCUT2D eigenvalue weighted by Crippen LogP contribution is 2.50. The highest BCUT2D eigenvalue weighted by Gasteiger charge is 2.43. The van der Waals surface area contributed by atoms with E-state index in [0.717, 1.165) is 31.9 Å². The topological polar surface area (TPSA) is 43.4 Å². The van der Waals surface area contributed by atoms with E-state index in [4.69, 9.17) is 4.18 Å². The lowest BCUT2D eigenvalue weighted by atomic mass is 9.96. The number of fused-ring (bicyclic) bond motifs is 2. The Bertz CT molecular complexity index is 300. The van der Waals surface area contributed by atoms with Crippen molar-refractivity contribution in [3.8, 4) is 0 Å². The molecule has 2 fully saturated rings. The van der Waals surface area contributed by atoms with Crippen LogP contribution in [0, 0.1) is 0 Å². The third-order valence-corrected chi connectivity index (χ3v) is 5.31. The van der Waals surface area contributed by atoms with Crippen molar-refractivity contribution >= 4 is 21.9 Å². The normalized spacial score (nSPS) is 38.2. The first-order valence-corrected chi connectivity index (χ1v) is 7.77. The van der Waals surface area contributed by atoms with Gasteiger partial charge in [0.2, 0.25) is 0 Å². The predicted octanol–water partition coefficient (Wildman–Crippen LogP) is 2.13. The second-order valence-corrected chi connectivity index (χ2v) is 7.44. The Morgan fingerprint density at radius 2 is 1.86 bits per heavy atom. The molecule has 2 aliphatic rings. The predicted molar refractivity (Wildman–Crippen MR) is 57.7 cm³/mol. The van der Waals surface area contributed by atoms with E-state index in [-0.39, 0.29) is 0 Å². The van der Waals surface area contributed by atoms with E-state index in [2.05, 4.69) is 0 Å². The van der Waals surface area contributed by atoms with Crippen LogP contribution >= 0.6 is 11.8 Å². The first-order valence-electron chi connectivity index (χ1n) is 5.08. The maximum absolute atomic E-state index is 11.2. The monoisotopic (exact) mass is 236 g/mol. The summed E-state index contributed by atoms with van der Waals surface area (Å²) >= 11 is 1.75. The molecule has 0 aliphatic carbocycles. The van der Waals surface area contributed by atoms with Crippen LogP contribution in [0.15, 0.2) is 0 Å². The summed E-state index contributed by atoms with van der Waals surface area (Å²) in [6.07, 6.45) is 7.59. The van der Waals surface area contributed by atoms with Gasteiger partial charge in [-0.15, -0.1) is 11.8 Å². The van der Waals surface area contributed by atoms with Crippen molar-refractivity contribution in [3.63, 3.8) is 0 Å². The number of rotatable bonds is 2. The van der Waals surface area contributed by atoms with E-state index < -0.39 is 15.1 Å². The second-order valence-electron chi connectivity index (χ2n) is 4.22. The lowest BCUT2D eigenvalue weighted by molar-refractivity contribution is 0.129. The molecule has 14 heavy (non-hydrogen) atoms. The van der Waals surface area contributed by atoms with E-state index >= 15 is 0 Å². The minimum absolute atomic E-state index is 0.408. The average molecular weight is 236 g/mol. The molecule has 5 heteroatoms. The van der Waals surface area contributed by atoms with Crippen LogP contribution < -0.4 is 0 Å². The molecule has 2 saturated heterocycles. The number of hydrogen-bond donors (Lipinski definition) is 0. The lowest BCUT2D eigenvalue weighted by Crippen LogP contribution is -2.39. The summed E-state index contributed by atoms with van der Waals surface area (Å²) in [4.78, 5) is -0.408. The summed E-state index contributed by atoms with van der Waals surface area (Å²) in [6, 6.07) is 0. The van der Waals surface area contributed by atoms with Crippen molar-refractivity contribution in [1.29, 1.82) is 0 Å². The van der Waals surface area contributed by atoms with Crippen LogP contribution in [-0.2, 0) is 14.3 Å². The Morgan fingerprint density at radius 1 is 1.29 bits per heavy atom. The van der Waals surface area contributed by atoms with Crippen LogP contribution in [0.25, 0.3) is 0 Å². The van der Waals surface area contributed by atoms with E-state index in [1.54, 1.807) is 11.8 Å². The molecule has 0 unspecified atom stereocenters. The minimum atomic E-state index is -3.30. The van der Waals surface area contributed by atoms with Crippen molar-refractivity contribution in [1.82, 2.24) is 0 Å². The summed E-state index contributed by atoms with van der Waals surface area (Å²) in [5.74, 6) is 0. The summed E-state index contributed by atoms with van der Waals surface area (Å²) in [5, 5.41) is 0.624. The smallest absolute Gasteiger partial charge is 0.253 e. The second kappa shape index (κ2) is 3.68. The Hall–Kier alpha value is 0.260. The van der Waals surface area contributed by atoms with Gasteiger partial charge in [0.15, 0.2) is 0 Å². The fraction of sp³-hybridized carbons (Fsp3) is 1.00. The van der Waals surface area contributed by atoms with Gasteiger partial charge in [-0.05, 0) is 38.5 Å². The van der Waals surface area contributed by atoms with Crippen molar-refractivity contribution in [2.24, 2.45) is 0 Å². The van der Waals surface area contributed by atoms with Gasteiger partial charge in [-0.25, -0.2) is 0 Å². The zero-order valence-corrected chi connectivity index (χ0v) is 9.99. The highest BCUT2D eigenvalue weighted by atomic mass is 32.2. The van der Waals surface area contributed by atoms with Gasteiger partial charge in [0.05, 0.1) is 6.26 Å². The molecule has 0 saturated carbocycles. The first kappa shape index (κ1) is 10.8. The standard InChI is InChI=1S/C9H16O3S2/c1-14(10,11)12-9-6-2-4-8(13-9)5-3-7-9/h8H,2-7H2,1H3. The van der Waals surface area contributed by atoms with E-state index in [9.17, 15) is 8.42 Å². The first-order chi connectivity index (χ1) is 6.49.